The van der Waals surface area contributed by atoms with E-state index in [4.69, 9.17) is 16.3 Å². The molecule has 10 heteroatoms. The van der Waals surface area contributed by atoms with Crippen LogP contribution in [-0.4, -0.2) is 62.7 Å². The highest BCUT2D eigenvalue weighted by atomic mass is 35.5. The van der Waals surface area contributed by atoms with Crippen LogP contribution in [0.4, 0.5) is 5.69 Å². The molecule has 3 amide bonds. The van der Waals surface area contributed by atoms with Crippen molar-refractivity contribution in [2.75, 3.05) is 31.6 Å². The summed E-state index contributed by atoms with van der Waals surface area (Å²) in [5, 5.41) is 10.2. The number of ether oxygens (including phenoxy) is 1. The summed E-state index contributed by atoms with van der Waals surface area (Å²) in [4.78, 5) is 42.9. The summed E-state index contributed by atoms with van der Waals surface area (Å²) in [5.74, 6) is -1.11. The van der Waals surface area contributed by atoms with Crippen LogP contribution in [0.25, 0.3) is 0 Å². The number of nitrogens with one attached hydrogen (secondary N) is 3. The molecule has 8 nitrogen and oxygen atoms in total. The molecule has 228 valence electrons. The van der Waals surface area contributed by atoms with E-state index in [1.165, 1.54) is 0 Å². The van der Waals surface area contributed by atoms with E-state index in [2.05, 4.69) is 16.0 Å². The van der Waals surface area contributed by atoms with E-state index in [-0.39, 0.29) is 49.1 Å². The Kier molecular flexibility index (Phi) is 11.2. The van der Waals surface area contributed by atoms with Crippen molar-refractivity contribution in [1.29, 1.82) is 0 Å². The number of hydrogen-bond acceptors (Lipinski definition) is 5. The highest BCUT2D eigenvalue weighted by Crippen LogP contribution is 2.40. The van der Waals surface area contributed by atoms with Crippen molar-refractivity contribution >= 4 is 47.4 Å². The minimum atomic E-state index is -0.633. The Morgan fingerprint density at radius 3 is 2.37 bits per heavy atom. The van der Waals surface area contributed by atoms with E-state index in [1.807, 2.05) is 49.4 Å². The molecule has 0 aliphatic carbocycles. The molecule has 2 heterocycles. The van der Waals surface area contributed by atoms with E-state index >= 15 is 0 Å². The number of halogens is 2. The molecule has 0 saturated carbocycles. The van der Waals surface area contributed by atoms with Crippen molar-refractivity contribution in [3.63, 3.8) is 0 Å². The minimum Gasteiger partial charge on any atom is -0.377 e. The first-order valence-electron chi connectivity index (χ1n) is 14.4. The number of methoxy groups -OCH3 is 1. The van der Waals surface area contributed by atoms with Gasteiger partial charge in [-0.2, -0.15) is 0 Å². The first-order chi connectivity index (χ1) is 20.4. The Balaban J connectivity index is 0.00000423. The van der Waals surface area contributed by atoms with Crippen LogP contribution < -0.4 is 20.9 Å². The van der Waals surface area contributed by atoms with Crippen LogP contribution in [0.15, 0.2) is 72.8 Å². The van der Waals surface area contributed by atoms with Crippen molar-refractivity contribution in [3.05, 3.63) is 100 Å². The zero-order valence-corrected chi connectivity index (χ0v) is 25.9. The number of fused-ring (bicyclic) bond motifs is 1. The van der Waals surface area contributed by atoms with E-state index in [0.717, 1.165) is 31.5 Å². The third-order valence-electron chi connectivity index (χ3n) is 8.24. The number of anilines is 1. The summed E-state index contributed by atoms with van der Waals surface area (Å²) >= 11 is 6.54. The minimum absolute atomic E-state index is 0. The van der Waals surface area contributed by atoms with E-state index in [9.17, 15) is 14.4 Å². The fraction of sp³-hybridized carbons (Fsp3) is 0.364. The second kappa shape index (κ2) is 14.8. The highest BCUT2D eigenvalue weighted by Gasteiger charge is 2.41. The maximum absolute atomic E-state index is 13.9. The predicted octanol–water partition coefficient (Wildman–Crippen LogP) is 4.89. The molecular weight excluding hydrogens is 587 g/mol. The molecule has 3 N–H and O–H groups in total. The van der Waals surface area contributed by atoms with Gasteiger partial charge in [-0.25, -0.2) is 0 Å². The third-order valence-corrected chi connectivity index (χ3v) is 8.48. The van der Waals surface area contributed by atoms with Gasteiger partial charge in [0.25, 0.3) is 11.8 Å². The molecule has 1 saturated heterocycles. The van der Waals surface area contributed by atoms with Crippen molar-refractivity contribution < 1.29 is 19.1 Å². The van der Waals surface area contributed by atoms with Gasteiger partial charge in [-0.3, -0.25) is 14.4 Å². The van der Waals surface area contributed by atoms with Crippen LogP contribution in [0.1, 0.15) is 57.0 Å². The van der Waals surface area contributed by atoms with Gasteiger partial charge in [0.1, 0.15) is 0 Å². The standard InChI is InChI=1S/C33H37ClN4O4.ClH/c1-21-8-6-7-11-25(21)32(40)37-31-27(19-30(39)36-24-14-16-35-17-15-24)26-18-23(34)12-13-28(26)38(20-29(31)42-2)33(41)22-9-4-3-5-10-22;/h3-13,18,24,27,29,31,35H,14-17,19-20H2,1-2H3,(H,36,39)(H,37,40);1H. The van der Waals surface area contributed by atoms with Gasteiger partial charge < -0.3 is 25.6 Å². The van der Waals surface area contributed by atoms with Crippen LogP contribution in [0.5, 0.6) is 0 Å². The topological polar surface area (TPSA) is 99.8 Å². The molecule has 0 spiro atoms. The lowest BCUT2D eigenvalue weighted by molar-refractivity contribution is -0.122. The fourth-order valence-electron chi connectivity index (χ4n) is 6.00. The van der Waals surface area contributed by atoms with Gasteiger partial charge in [-0.05, 0) is 80.4 Å². The number of nitrogens with zero attached hydrogens (tertiary/aromatic N) is 1. The lowest BCUT2D eigenvalue weighted by atomic mass is 9.85. The third kappa shape index (κ3) is 7.57. The van der Waals surface area contributed by atoms with Gasteiger partial charge >= 0.3 is 0 Å². The molecule has 2 aliphatic rings. The first-order valence-corrected chi connectivity index (χ1v) is 14.8. The summed E-state index contributed by atoms with van der Waals surface area (Å²) < 4.78 is 6.01. The highest BCUT2D eigenvalue weighted by molar-refractivity contribution is 6.30. The molecule has 2 aliphatic heterocycles. The molecule has 0 bridgehead atoms. The SMILES string of the molecule is COC1CN(C(=O)c2ccccc2)c2ccc(Cl)cc2C(CC(=O)NC2CCNCC2)C1NC(=O)c1ccccc1C.Cl. The van der Waals surface area contributed by atoms with Crippen molar-refractivity contribution in [2.45, 2.75) is 50.3 Å². The number of amides is 3. The predicted molar refractivity (Wildman–Crippen MR) is 171 cm³/mol. The molecule has 0 aromatic heterocycles. The molecule has 3 aromatic rings. The molecule has 5 rings (SSSR count). The number of rotatable bonds is 7. The zero-order chi connectivity index (χ0) is 29.6. The quantitative estimate of drug-likeness (QED) is 0.348. The average molecular weight is 626 g/mol. The smallest absolute Gasteiger partial charge is 0.258 e. The van der Waals surface area contributed by atoms with Crippen molar-refractivity contribution in [1.82, 2.24) is 16.0 Å². The Labute approximate surface area is 263 Å². The lowest BCUT2D eigenvalue weighted by Crippen LogP contribution is -2.52. The largest absolute Gasteiger partial charge is 0.377 e. The van der Waals surface area contributed by atoms with E-state index in [0.29, 0.717) is 27.4 Å². The fourth-order valence-corrected chi connectivity index (χ4v) is 6.18. The molecule has 43 heavy (non-hydrogen) atoms. The lowest BCUT2D eigenvalue weighted by Gasteiger charge is -2.33. The van der Waals surface area contributed by atoms with Crippen LogP contribution >= 0.6 is 24.0 Å². The summed E-state index contributed by atoms with van der Waals surface area (Å²) in [7, 11) is 1.57. The Morgan fingerprint density at radius 1 is 0.977 bits per heavy atom. The summed E-state index contributed by atoms with van der Waals surface area (Å²) in [5.41, 5.74) is 3.25. The molecular formula is C33H38Cl2N4O4. The number of piperidine rings is 1. The van der Waals surface area contributed by atoms with Gasteiger partial charge in [-0.15, -0.1) is 12.4 Å². The van der Waals surface area contributed by atoms with Crippen LogP contribution in [-0.2, 0) is 9.53 Å². The van der Waals surface area contributed by atoms with Gasteiger partial charge in [0.05, 0.1) is 18.7 Å². The summed E-state index contributed by atoms with van der Waals surface area (Å²) in [6, 6.07) is 21.2. The maximum Gasteiger partial charge on any atom is 0.258 e. The molecule has 3 aromatic carbocycles. The summed E-state index contributed by atoms with van der Waals surface area (Å²) in [6.07, 6.45) is 1.18. The van der Waals surface area contributed by atoms with Gasteiger partial charge in [0, 0.05) is 47.3 Å². The first kappa shape index (κ1) is 32.5. The molecule has 3 atom stereocenters. The van der Waals surface area contributed by atoms with Crippen LogP contribution in [0.2, 0.25) is 5.02 Å². The number of hydrogen-bond donors (Lipinski definition) is 3. The van der Waals surface area contributed by atoms with E-state index < -0.39 is 18.1 Å². The number of benzene rings is 3. The Bertz CT molecular complexity index is 1430. The van der Waals surface area contributed by atoms with Crippen molar-refractivity contribution in [2.24, 2.45) is 0 Å². The molecule has 1 fully saturated rings. The van der Waals surface area contributed by atoms with Gasteiger partial charge in [0.2, 0.25) is 5.91 Å². The number of carbonyl (C=O) groups excluding carboxylic acids is 3. The van der Waals surface area contributed by atoms with Gasteiger partial charge in [0.15, 0.2) is 0 Å². The van der Waals surface area contributed by atoms with Crippen LogP contribution in [0.3, 0.4) is 0 Å². The monoisotopic (exact) mass is 624 g/mol. The molecule has 0 radical (unpaired) electrons. The van der Waals surface area contributed by atoms with Crippen LogP contribution in [0, 0.1) is 6.92 Å². The van der Waals surface area contributed by atoms with E-state index in [1.54, 1.807) is 42.3 Å². The second-order valence-corrected chi connectivity index (χ2v) is 11.4. The Morgan fingerprint density at radius 2 is 1.67 bits per heavy atom. The van der Waals surface area contributed by atoms with Gasteiger partial charge in [-0.1, -0.05) is 48.0 Å². The zero-order valence-electron chi connectivity index (χ0n) is 24.3. The Hall–Kier alpha value is -3.43. The second-order valence-electron chi connectivity index (χ2n) is 11.0. The molecule has 3 unspecified atom stereocenters. The number of aryl methyl sites for hydroxylation is 1. The maximum atomic E-state index is 13.9. The van der Waals surface area contributed by atoms with Crippen molar-refractivity contribution in [3.8, 4) is 0 Å². The number of carbonyl (C=O) groups is 3. The summed E-state index contributed by atoms with van der Waals surface area (Å²) in [6.45, 7) is 3.76. The average Bonchev–Trinajstić information content (AvgIpc) is 3.12. The normalized spacial score (nSPS) is 20.3.